The third kappa shape index (κ3) is 2.48. The van der Waals surface area contributed by atoms with E-state index in [1.54, 1.807) is 6.92 Å². The van der Waals surface area contributed by atoms with Gasteiger partial charge in [0.2, 0.25) is 5.91 Å². The van der Waals surface area contributed by atoms with E-state index in [0.717, 1.165) is 13.1 Å². The zero-order valence-electron chi connectivity index (χ0n) is 9.77. The molecule has 6 heteroatoms. The quantitative estimate of drug-likeness (QED) is 0.813. The summed E-state index contributed by atoms with van der Waals surface area (Å²) in [6.07, 6.45) is 0. The number of hydrogen-bond donors (Lipinski definition) is 2. The van der Waals surface area contributed by atoms with Crippen LogP contribution in [0.1, 0.15) is 6.92 Å². The summed E-state index contributed by atoms with van der Waals surface area (Å²) in [6, 6.07) is 1.06. The second-order valence-corrected chi connectivity index (χ2v) is 4.44. The highest BCUT2D eigenvalue weighted by Crippen LogP contribution is 2.22. The highest BCUT2D eigenvalue weighted by Gasteiger charge is 2.29. The topological polar surface area (TPSA) is 41.1 Å². The Hall–Kier alpha value is -1.56. The van der Waals surface area contributed by atoms with Crippen LogP contribution in [0.3, 0.4) is 0 Å². The minimum atomic E-state index is -1.28. The lowest BCUT2D eigenvalue weighted by Gasteiger charge is -2.31. The van der Waals surface area contributed by atoms with E-state index in [4.69, 9.17) is 0 Å². The fourth-order valence-electron chi connectivity index (χ4n) is 1.74. The first-order valence-corrected chi connectivity index (χ1v) is 5.65. The molecule has 1 heterocycles. The lowest BCUT2D eigenvalue weighted by atomic mass is 9.88. The van der Waals surface area contributed by atoms with Crippen LogP contribution in [0, 0.1) is 29.3 Å². The minimum absolute atomic E-state index is 0.193. The second-order valence-electron chi connectivity index (χ2n) is 4.44. The lowest BCUT2D eigenvalue weighted by molar-refractivity contribution is -0.121. The van der Waals surface area contributed by atoms with Crippen molar-refractivity contribution in [2.24, 2.45) is 11.8 Å². The number of anilines is 1. The number of carbonyl (C=O) groups excluding carboxylic acids is 1. The molecule has 0 saturated carbocycles. The monoisotopic (exact) mass is 258 g/mol. The molecular formula is C12H13F3N2O. The van der Waals surface area contributed by atoms with Crippen LogP contribution < -0.4 is 10.6 Å². The van der Waals surface area contributed by atoms with Crippen molar-refractivity contribution in [1.29, 1.82) is 0 Å². The Balaban J connectivity index is 2.08. The number of amides is 1. The smallest absolute Gasteiger partial charge is 0.227 e. The van der Waals surface area contributed by atoms with Crippen LogP contribution in [-0.2, 0) is 4.79 Å². The highest BCUT2D eigenvalue weighted by molar-refractivity contribution is 5.92. The summed E-state index contributed by atoms with van der Waals surface area (Å²) in [4.78, 5) is 11.8. The van der Waals surface area contributed by atoms with Crippen molar-refractivity contribution in [3.8, 4) is 0 Å². The molecular weight excluding hydrogens is 245 g/mol. The molecule has 0 radical (unpaired) electrons. The first-order chi connectivity index (χ1) is 8.49. The molecule has 98 valence electrons. The van der Waals surface area contributed by atoms with Gasteiger partial charge in [0, 0.05) is 18.1 Å². The molecule has 1 aromatic carbocycles. The molecule has 1 unspecified atom stereocenters. The summed E-state index contributed by atoms with van der Waals surface area (Å²) in [7, 11) is 0. The van der Waals surface area contributed by atoms with E-state index >= 15 is 0 Å². The first kappa shape index (κ1) is 12.9. The molecule has 1 atom stereocenters. The van der Waals surface area contributed by atoms with E-state index in [2.05, 4.69) is 10.6 Å². The van der Waals surface area contributed by atoms with Crippen molar-refractivity contribution in [2.75, 3.05) is 18.4 Å². The normalized spacial score (nSPS) is 17.1. The van der Waals surface area contributed by atoms with E-state index in [-0.39, 0.29) is 17.5 Å². The number of rotatable bonds is 3. The Morgan fingerprint density at radius 3 is 2.44 bits per heavy atom. The molecule has 2 N–H and O–H groups in total. The standard InChI is InChI=1S/C12H13F3N2O/c1-6(7-4-16-5-7)12(18)17-11-3-9(14)8(13)2-10(11)15/h2-3,6-7,16H,4-5H2,1H3,(H,17,18). The molecule has 2 rings (SSSR count). The molecule has 1 fully saturated rings. The Morgan fingerprint density at radius 1 is 1.28 bits per heavy atom. The predicted octanol–water partition coefficient (Wildman–Crippen LogP) is 1.90. The Kier molecular flexibility index (Phi) is 3.56. The van der Waals surface area contributed by atoms with Gasteiger partial charge in [-0.1, -0.05) is 6.92 Å². The van der Waals surface area contributed by atoms with E-state index in [1.807, 2.05) is 0 Å². The van der Waals surface area contributed by atoms with Gasteiger partial charge in [0.15, 0.2) is 11.6 Å². The Morgan fingerprint density at radius 2 is 1.89 bits per heavy atom. The number of nitrogens with one attached hydrogen (secondary N) is 2. The van der Waals surface area contributed by atoms with Crippen molar-refractivity contribution in [1.82, 2.24) is 5.32 Å². The summed E-state index contributed by atoms with van der Waals surface area (Å²) in [5, 5.41) is 5.30. The van der Waals surface area contributed by atoms with Gasteiger partial charge >= 0.3 is 0 Å². The molecule has 1 saturated heterocycles. The average molecular weight is 258 g/mol. The molecule has 1 aliphatic heterocycles. The number of benzene rings is 1. The third-order valence-corrected chi connectivity index (χ3v) is 3.20. The number of hydrogen-bond acceptors (Lipinski definition) is 2. The number of halogens is 3. The van der Waals surface area contributed by atoms with Crippen molar-refractivity contribution in [2.45, 2.75) is 6.92 Å². The van der Waals surface area contributed by atoms with Gasteiger partial charge in [0.05, 0.1) is 5.69 Å². The van der Waals surface area contributed by atoms with Gasteiger partial charge in [-0.25, -0.2) is 13.2 Å². The van der Waals surface area contributed by atoms with Gasteiger partial charge in [-0.2, -0.15) is 0 Å². The maximum Gasteiger partial charge on any atom is 0.227 e. The van der Waals surface area contributed by atoms with Crippen molar-refractivity contribution >= 4 is 11.6 Å². The van der Waals surface area contributed by atoms with Crippen LogP contribution in [-0.4, -0.2) is 19.0 Å². The van der Waals surface area contributed by atoms with Crippen LogP contribution in [0.25, 0.3) is 0 Å². The number of carbonyl (C=O) groups is 1. The van der Waals surface area contributed by atoms with Gasteiger partial charge in [-0.15, -0.1) is 0 Å². The maximum atomic E-state index is 13.3. The zero-order valence-corrected chi connectivity index (χ0v) is 9.77. The third-order valence-electron chi connectivity index (χ3n) is 3.20. The van der Waals surface area contributed by atoms with E-state index in [0.29, 0.717) is 12.1 Å². The SMILES string of the molecule is CC(C(=O)Nc1cc(F)c(F)cc1F)C1CNC1. The zero-order chi connectivity index (χ0) is 13.3. The van der Waals surface area contributed by atoms with Gasteiger partial charge in [-0.3, -0.25) is 4.79 Å². The van der Waals surface area contributed by atoms with Crippen LogP contribution in [0.4, 0.5) is 18.9 Å². The Bertz CT molecular complexity index is 475. The van der Waals surface area contributed by atoms with Crippen LogP contribution in [0.15, 0.2) is 12.1 Å². The molecule has 1 aromatic rings. The van der Waals surface area contributed by atoms with Crippen molar-refractivity contribution in [3.05, 3.63) is 29.6 Å². The summed E-state index contributed by atoms with van der Waals surface area (Å²) in [6.45, 7) is 3.18. The van der Waals surface area contributed by atoms with Gasteiger partial charge in [-0.05, 0) is 19.0 Å². The maximum absolute atomic E-state index is 13.3. The molecule has 18 heavy (non-hydrogen) atoms. The van der Waals surface area contributed by atoms with Crippen LogP contribution >= 0.6 is 0 Å². The Labute approximate surface area is 102 Å². The molecule has 3 nitrogen and oxygen atoms in total. The summed E-state index contributed by atoms with van der Waals surface area (Å²) in [5.41, 5.74) is -0.335. The molecule has 0 aliphatic carbocycles. The summed E-state index contributed by atoms with van der Waals surface area (Å²) < 4.78 is 39.0. The average Bonchev–Trinajstić information content (AvgIpc) is 2.23. The predicted molar refractivity (Wildman–Crippen MR) is 60.5 cm³/mol. The van der Waals surface area contributed by atoms with E-state index < -0.39 is 23.4 Å². The van der Waals surface area contributed by atoms with Gasteiger partial charge in [0.1, 0.15) is 5.82 Å². The minimum Gasteiger partial charge on any atom is -0.323 e. The van der Waals surface area contributed by atoms with Gasteiger partial charge in [0.25, 0.3) is 0 Å². The molecule has 1 aliphatic rings. The largest absolute Gasteiger partial charge is 0.323 e. The van der Waals surface area contributed by atoms with E-state index in [1.165, 1.54) is 0 Å². The van der Waals surface area contributed by atoms with Crippen LogP contribution in [0.5, 0.6) is 0 Å². The van der Waals surface area contributed by atoms with Crippen LogP contribution in [0.2, 0.25) is 0 Å². The second kappa shape index (κ2) is 4.97. The lowest BCUT2D eigenvalue weighted by Crippen LogP contribution is -2.48. The fraction of sp³-hybridized carbons (Fsp3) is 0.417. The first-order valence-electron chi connectivity index (χ1n) is 5.65. The molecule has 1 amide bonds. The van der Waals surface area contributed by atoms with E-state index in [9.17, 15) is 18.0 Å². The van der Waals surface area contributed by atoms with Crippen molar-refractivity contribution in [3.63, 3.8) is 0 Å². The highest BCUT2D eigenvalue weighted by atomic mass is 19.2. The van der Waals surface area contributed by atoms with Crippen molar-refractivity contribution < 1.29 is 18.0 Å². The summed E-state index contributed by atoms with van der Waals surface area (Å²) in [5.74, 6) is -3.96. The molecule has 0 aromatic heterocycles. The van der Waals surface area contributed by atoms with Gasteiger partial charge < -0.3 is 10.6 Å². The summed E-state index contributed by atoms with van der Waals surface area (Å²) >= 11 is 0. The molecule has 0 bridgehead atoms. The fourth-order valence-corrected chi connectivity index (χ4v) is 1.74. The molecule has 0 spiro atoms.